The average molecular weight is 884 g/mol. The molecule has 8 heteroatoms. The Morgan fingerprint density at radius 1 is 0.382 bits per heavy atom. The summed E-state index contributed by atoms with van der Waals surface area (Å²) in [7, 11) is 0. The fourth-order valence-electron chi connectivity index (χ4n) is 9.92. The maximum absolute atomic E-state index is 16.6. The summed E-state index contributed by atoms with van der Waals surface area (Å²) < 4.78 is 53.4. The van der Waals surface area contributed by atoms with Gasteiger partial charge in [-0.3, -0.25) is 9.97 Å². The van der Waals surface area contributed by atoms with Crippen molar-refractivity contribution in [2.24, 2.45) is 0 Å². The molecular formula is C60H36F3N5. The second-order valence-corrected chi connectivity index (χ2v) is 16.8. The molecule has 0 fully saturated rings. The van der Waals surface area contributed by atoms with Crippen molar-refractivity contribution in [1.82, 2.24) is 19.1 Å². The van der Waals surface area contributed by atoms with Crippen molar-refractivity contribution in [1.29, 1.82) is 5.26 Å². The van der Waals surface area contributed by atoms with E-state index >= 15 is 13.2 Å². The number of pyridine rings is 2. The fourth-order valence-corrected chi connectivity index (χ4v) is 9.92. The lowest BCUT2D eigenvalue weighted by molar-refractivity contribution is -0.137. The van der Waals surface area contributed by atoms with Crippen LogP contribution in [0.3, 0.4) is 0 Å². The second-order valence-electron chi connectivity index (χ2n) is 16.8. The van der Waals surface area contributed by atoms with E-state index in [1.165, 1.54) is 0 Å². The van der Waals surface area contributed by atoms with Gasteiger partial charge in [-0.1, -0.05) is 133 Å². The first-order chi connectivity index (χ1) is 33.3. The van der Waals surface area contributed by atoms with E-state index < -0.39 is 11.7 Å². The highest BCUT2D eigenvalue weighted by atomic mass is 19.4. The van der Waals surface area contributed by atoms with Gasteiger partial charge in [0.25, 0.3) is 0 Å². The zero-order valence-corrected chi connectivity index (χ0v) is 36.2. The lowest BCUT2D eigenvalue weighted by Gasteiger charge is -2.23. The van der Waals surface area contributed by atoms with Crippen molar-refractivity contribution in [2.75, 3.05) is 0 Å². The highest BCUT2D eigenvalue weighted by Crippen LogP contribution is 2.47. The minimum Gasteiger partial charge on any atom is -0.309 e. The van der Waals surface area contributed by atoms with Gasteiger partial charge < -0.3 is 9.13 Å². The number of hydrogen-bond acceptors (Lipinski definition) is 3. The molecule has 0 radical (unpaired) electrons. The van der Waals surface area contributed by atoms with Crippen molar-refractivity contribution < 1.29 is 13.2 Å². The molecule has 0 bridgehead atoms. The predicted octanol–water partition coefficient (Wildman–Crippen LogP) is 15.9. The largest absolute Gasteiger partial charge is 0.420 e. The van der Waals surface area contributed by atoms with Crippen LogP contribution in [0.4, 0.5) is 13.2 Å². The first-order valence-corrected chi connectivity index (χ1v) is 22.2. The Hall–Kier alpha value is -9.06. The SMILES string of the molecule is N#Cc1cccc(-c2cc(-n3c4ccccc4c4cc(-c5cccnc5-c5ccccc5)ccc43)c(C(F)(F)F)c(-n3c4ccccc4c4cc(-c5cccnc5-c5ccccc5)ccc43)c2)c1. The third-order valence-electron chi connectivity index (χ3n) is 12.9. The van der Waals surface area contributed by atoms with E-state index in [2.05, 4.69) is 18.2 Å². The molecular weight excluding hydrogens is 848 g/mol. The molecule has 12 rings (SSSR count). The molecule has 322 valence electrons. The summed E-state index contributed by atoms with van der Waals surface area (Å²) in [4.78, 5) is 9.54. The lowest BCUT2D eigenvalue weighted by atomic mass is 9.97. The molecule has 0 amide bonds. The molecule has 8 aromatic carbocycles. The normalized spacial score (nSPS) is 11.7. The van der Waals surface area contributed by atoms with Gasteiger partial charge in [0.2, 0.25) is 0 Å². The molecule has 0 saturated carbocycles. The standard InChI is InChI=1S/C60H36F3N5/c61-60(62,63)57-55(67-51-24-9-7-20-47(51)49-33-42(26-28-53(49)67)45-22-12-30-65-58(45)39-15-3-1-4-16-39)35-44(41-19-11-14-38(32-41)37-64)36-56(57)68-52-25-10-8-21-48(52)50-34-43(27-29-54(50)68)46-23-13-31-66-59(46)40-17-5-2-6-18-40/h1-36H. The minimum atomic E-state index is -4.84. The highest BCUT2D eigenvalue weighted by Gasteiger charge is 2.39. The van der Waals surface area contributed by atoms with Crippen LogP contribution in [0.15, 0.2) is 219 Å². The number of benzene rings is 8. The van der Waals surface area contributed by atoms with Crippen LogP contribution in [0, 0.1) is 11.3 Å². The average Bonchev–Trinajstić information content (AvgIpc) is 3.90. The molecule has 0 N–H and O–H groups in total. The third-order valence-corrected chi connectivity index (χ3v) is 12.9. The number of nitrogens with zero attached hydrogens (tertiary/aromatic N) is 5. The molecule has 4 aromatic heterocycles. The number of rotatable bonds is 7. The number of halogens is 3. The quantitative estimate of drug-likeness (QED) is 0.160. The fraction of sp³-hybridized carbons (Fsp3) is 0.0167. The Balaban J connectivity index is 1.15. The van der Waals surface area contributed by atoms with Crippen molar-refractivity contribution in [3.63, 3.8) is 0 Å². The molecule has 0 spiro atoms. The van der Waals surface area contributed by atoms with Gasteiger partial charge in [0, 0.05) is 56.2 Å². The van der Waals surface area contributed by atoms with Gasteiger partial charge in [0.1, 0.15) is 5.56 Å². The predicted molar refractivity (Wildman–Crippen MR) is 268 cm³/mol. The summed E-state index contributed by atoms with van der Waals surface area (Å²) in [5, 5.41) is 13.2. The van der Waals surface area contributed by atoms with Crippen LogP contribution < -0.4 is 0 Å². The Bertz CT molecular complexity index is 3750. The lowest BCUT2D eigenvalue weighted by Crippen LogP contribution is -2.16. The van der Waals surface area contributed by atoms with Crippen LogP contribution in [0.2, 0.25) is 0 Å². The number of para-hydroxylation sites is 2. The molecule has 0 aliphatic carbocycles. The van der Waals surface area contributed by atoms with Gasteiger partial charge in [-0.25, -0.2) is 0 Å². The molecule has 0 atom stereocenters. The van der Waals surface area contributed by atoms with Crippen molar-refractivity contribution in [3.05, 3.63) is 230 Å². The summed E-state index contributed by atoms with van der Waals surface area (Å²) in [5.41, 5.74) is 10.2. The van der Waals surface area contributed by atoms with E-state index in [0.29, 0.717) is 38.8 Å². The van der Waals surface area contributed by atoms with Crippen LogP contribution in [-0.4, -0.2) is 19.1 Å². The van der Waals surface area contributed by atoms with Crippen LogP contribution in [0.1, 0.15) is 11.1 Å². The Kier molecular flexibility index (Phi) is 9.59. The van der Waals surface area contributed by atoms with E-state index in [1.54, 1.807) is 51.9 Å². The first-order valence-electron chi connectivity index (χ1n) is 22.2. The number of fused-ring (bicyclic) bond motifs is 6. The molecule has 0 saturated heterocycles. The van der Waals surface area contributed by atoms with E-state index in [1.807, 2.05) is 164 Å². The number of nitriles is 1. The number of aromatic nitrogens is 4. The Labute approximate surface area is 388 Å². The summed E-state index contributed by atoms with van der Waals surface area (Å²) in [6.45, 7) is 0. The number of hydrogen-bond donors (Lipinski definition) is 0. The highest BCUT2D eigenvalue weighted by molar-refractivity contribution is 6.13. The monoisotopic (exact) mass is 883 g/mol. The van der Waals surface area contributed by atoms with Gasteiger partial charge in [-0.15, -0.1) is 0 Å². The van der Waals surface area contributed by atoms with Crippen molar-refractivity contribution >= 4 is 43.6 Å². The smallest absolute Gasteiger partial charge is 0.309 e. The van der Waals surface area contributed by atoms with Crippen molar-refractivity contribution in [3.8, 4) is 73.3 Å². The van der Waals surface area contributed by atoms with E-state index in [-0.39, 0.29) is 11.4 Å². The summed E-state index contributed by atoms with van der Waals surface area (Å²) >= 11 is 0. The third kappa shape index (κ3) is 6.71. The number of alkyl halides is 3. The molecule has 0 aliphatic rings. The maximum Gasteiger partial charge on any atom is 0.420 e. The zero-order valence-electron chi connectivity index (χ0n) is 36.2. The van der Waals surface area contributed by atoms with Crippen LogP contribution in [-0.2, 0) is 6.18 Å². The molecule has 0 unspecified atom stereocenters. The van der Waals surface area contributed by atoms with Crippen molar-refractivity contribution in [2.45, 2.75) is 6.18 Å². The van der Waals surface area contributed by atoms with Gasteiger partial charge in [0.05, 0.1) is 56.5 Å². The first kappa shape index (κ1) is 40.4. The molecule has 4 heterocycles. The molecule has 0 aliphatic heterocycles. The molecule has 5 nitrogen and oxygen atoms in total. The maximum atomic E-state index is 16.6. The van der Waals surface area contributed by atoms with Crippen LogP contribution >= 0.6 is 0 Å². The Morgan fingerprint density at radius 2 is 0.838 bits per heavy atom. The molecule has 68 heavy (non-hydrogen) atoms. The Morgan fingerprint density at radius 3 is 1.32 bits per heavy atom. The van der Waals surface area contributed by atoms with Gasteiger partial charge >= 0.3 is 6.18 Å². The minimum absolute atomic E-state index is 0.0388. The van der Waals surface area contributed by atoms with E-state index in [9.17, 15) is 5.26 Å². The summed E-state index contributed by atoms with van der Waals surface area (Å²) in [5.74, 6) is 0. The zero-order chi connectivity index (χ0) is 45.9. The van der Waals surface area contributed by atoms with Gasteiger partial charge in [0.15, 0.2) is 0 Å². The van der Waals surface area contributed by atoms with Crippen LogP contribution in [0.5, 0.6) is 0 Å². The van der Waals surface area contributed by atoms with Gasteiger partial charge in [-0.05, 0) is 95.1 Å². The topological polar surface area (TPSA) is 59.4 Å². The van der Waals surface area contributed by atoms with Gasteiger partial charge in [-0.2, -0.15) is 18.4 Å². The molecule has 12 aromatic rings. The van der Waals surface area contributed by atoms with E-state index in [0.717, 1.165) is 66.3 Å². The summed E-state index contributed by atoms with van der Waals surface area (Å²) in [6, 6.07) is 67.3. The van der Waals surface area contributed by atoms with Crippen LogP contribution in [0.25, 0.3) is 111 Å². The summed E-state index contributed by atoms with van der Waals surface area (Å²) in [6.07, 6.45) is -1.30. The van der Waals surface area contributed by atoms with E-state index in [4.69, 9.17) is 9.97 Å². The second kappa shape index (κ2) is 16.1.